The van der Waals surface area contributed by atoms with Gasteiger partial charge in [-0.2, -0.15) is 5.10 Å². The lowest BCUT2D eigenvalue weighted by Gasteiger charge is -2.38. The zero-order chi connectivity index (χ0) is 53.2. The highest BCUT2D eigenvalue weighted by Gasteiger charge is 2.50. The molecule has 3 fully saturated rings. The Kier molecular flexibility index (Phi) is 14.2. The highest BCUT2D eigenvalue weighted by Crippen LogP contribution is 2.57. The lowest BCUT2D eigenvalue weighted by Crippen LogP contribution is -2.49. The van der Waals surface area contributed by atoms with Gasteiger partial charge >= 0.3 is 6.03 Å². The van der Waals surface area contributed by atoms with Crippen molar-refractivity contribution >= 4 is 62.6 Å². The number of ether oxygens (including phenoxy) is 2. The van der Waals surface area contributed by atoms with Crippen LogP contribution in [0.1, 0.15) is 94.9 Å². The summed E-state index contributed by atoms with van der Waals surface area (Å²) < 4.78 is 78.3. The van der Waals surface area contributed by atoms with E-state index in [9.17, 15) is 19.5 Å². The summed E-state index contributed by atoms with van der Waals surface area (Å²) in [5.41, 5.74) is 6.61. The van der Waals surface area contributed by atoms with Gasteiger partial charge in [-0.3, -0.25) is 24.5 Å². The molecule has 0 spiro atoms. The zero-order valence-corrected chi connectivity index (χ0v) is 43.6. The number of hydrogen-bond donors (Lipinski definition) is 4. The quantitative estimate of drug-likeness (QED) is 0.0769. The topological polar surface area (TPSA) is 180 Å². The second-order valence-corrected chi connectivity index (χ2v) is 22.1. The zero-order valence-electron chi connectivity index (χ0n) is 42.1. The van der Waals surface area contributed by atoms with Gasteiger partial charge in [-0.25, -0.2) is 27.3 Å². The number of aromatic nitrogens is 3. The molecule has 3 atom stereocenters. The summed E-state index contributed by atoms with van der Waals surface area (Å²) in [5, 5.41) is 20.6. The Labute approximate surface area is 445 Å². The predicted molar refractivity (Wildman–Crippen MR) is 280 cm³/mol. The number of amides is 4. The van der Waals surface area contributed by atoms with E-state index in [1.807, 2.05) is 37.3 Å². The number of thiazole rings is 1. The number of halogens is 5. The molecule has 0 bridgehead atoms. The van der Waals surface area contributed by atoms with Gasteiger partial charge in [0.05, 0.1) is 28.3 Å². The van der Waals surface area contributed by atoms with Crippen LogP contribution in [0.3, 0.4) is 0 Å². The number of primary amides is 1. The standard InChI is InChI=1S/C55H58ClF4N9O6S/c1-29-43-40(26-37(58)47(56)46(43)45-34(51(61)72)9-11-39(48(45)59)74-23-22-70)75-55(29,32-6-4-3-5-7-32)28-62-33-8-10-38-41(24-33)76-54(63-38)68-19-12-30(13-20-68)27-67-17-14-31(15-18-67)44-36(57)25-35-50(49(44)60)66(2)65-52(35)69-21-16-42(71)64-53(69)73/h3-7,9,11,25-26,29-31,33,62,70H,8,10,12-24,27-28H2,1-2H3,(H2,61,72)(H,64,71,73)/t29-,33+,55-/m0/s1. The van der Waals surface area contributed by atoms with Gasteiger partial charge in [-0.15, -0.1) is 11.3 Å². The molecule has 4 amide bonds. The van der Waals surface area contributed by atoms with Gasteiger partial charge in [-0.1, -0.05) is 48.9 Å². The SMILES string of the molecule is C[C@H]1c2c(cc(F)c(Cl)c2-c2c(C(N)=O)ccc(OCCO)c2F)O[C@]1(CN[C@@H]1CCc2nc(N3CCC(CN4CCC(c5c(F)cc6c(N7CCC(=O)NC7=O)nn(C)c6c5F)CC4)CC3)sc2C1)c1ccccc1. The van der Waals surface area contributed by atoms with Gasteiger partial charge in [-0.05, 0) is 93.6 Å². The summed E-state index contributed by atoms with van der Waals surface area (Å²) in [7, 11) is 1.57. The largest absolute Gasteiger partial charge is 0.488 e. The van der Waals surface area contributed by atoms with Gasteiger partial charge in [0.25, 0.3) is 0 Å². The molecule has 1 aliphatic carbocycles. The van der Waals surface area contributed by atoms with Crippen molar-refractivity contribution in [1.82, 2.24) is 30.3 Å². The first-order chi connectivity index (χ1) is 36.6. The van der Waals surface area contributed by atoms with Crippen molar-refractivity contribution in [3.05, 3.63) is 116 Å². The molecule has 11 rings (SSSR count). The van der Waals surface area contributed by atoms with E-state index < -0.39 is 57.7 Å². The third kappa shape index (κ3) is 9.32. The van der Waals surface area contributed by atoms with Crippen molar-refractivity contribution in [2.45, 2.75) is 81.8 Å². The Morgan fingerprint density at radius 3 is 2.45 bits per heavy atom. The number of carbonyl (C=O) groups is 3. The lowest BCUT2D eigenvalue weighted by molar-refractivity contribution is -0.120. The van der Waals surface area contributed by atoms with E-state index in [-0.39, 0.29) is 88.6 Å². The number of hydrogen-bond acceptors (Lipinski definition) is 12. The Morgan fingerprint density at radius 2 is 1.72 bits per heavy atom. The van der Waals surface area contributed by atoms with Crippen LogP contribution in [-0.4, -0.2) is 108 Å². The summed E-state index contributed by atoms with van der Waals surface area (Å²) in [6.45, 7) is 5.80. The van der Waals surface area contributed by atoms with Crippen molar-refractivity contribution in [1.29, 1.82) is 0 Å². The number of imide groups is 1. The molecule has 2 aromatic heterocycles. The van der Waals surface area contributed by atoms with E-state index in [2.05, 4.69) is 25.5 Å². The number of anilines is 2. The van der Waals surface area contributed by atoms with Crippen LogP contribution >= 0.6 is 22.9 Å². The summed E-state index contributed by atoms with van der Waals surface area (Å²) in [4.78, 5) is 49.5. The molecule has 0 unspecified atom stereocenters. The number of fused-ring (bicyclic) bond motifs is 3. The second-order valence-electron chi connectivity index (χ2n) is 20.7. The van der Waals surface area contributed by atoms with Crippen LogP contribution in [0.25, 0.3) is 22.0 Å². The average molecular weight is 1080 g/mol. The average Bonchev–Trinajstić information content (AvgIpc) is 4.18. The van der Waals surface area contributed by atoms with Crippen LogP contribution < -0.4 is 35.6 Å². The Hall–Kier alpha value is -6.32. The monoisotopic (exact) mass is 1080 g/mol. The van der Waals surface area contributed by atoms with E-state index >= 15 is 17.6 Å². The van der Waals surface area contributed by atoms with Gasteiger partial charge in [0.15, 0.2) is 33.9 Å². The number of likely N-dealkylation sites (tertiary alicyclic amines) is 1. The number of benzene rings is 4. The molecule has 6 aromatic rings. The number of nitrogens with one attached hydrogen (secondary N) is 2. The molecular formula is C55H58ClF4N9O6S. The molecular weight excluding hydrogens is 1030 g/mol. The van der Waals surface area contributed by atoms with E-state index in [1.54, 1.807) is 18.4 Å². The van der Waals surface area contributed by atoms with Crippen LogP contribution in [0.4, 0.5) is 33.3 Å². The number of nitrogens with zero attached hydrogens (tertiary/aromatic N) is 6. The Bertz CT molecular complexity index is 3260. The van der Waals surface area contributed by atoms with E-state index in [0.717, 1.165) is 81.2 Å². The number of aryl methyl sites for hydroxylation is 2. The molecule has 76 heavy (non-hydrogen) atoms. The maximum absolute atomic E-state index is 16.5. The molecule has 4 aromatic carbocycles. The van der Waals surface area contributed by atoms with Crippen molar-refractivity contribution in [2.75, 3.05) is 68.8 Å². The highest BCUT2D eigenvalue weighted by molar-refractivity contribution is 7.15. The number of nitrogens with two attached hydrogens (primary N) is 1. The Balaban J connectivity index is 0.727. The fraction of sp³-hybridized carbons (Fsp3) is 0.436. The van der Waals surface area contributed by atoms with Gasteiger partial charge < -0.3 is 35.4 Å². The first-order valence-corrected chi connectivity index (χ1v) is 27.1. The third-order valence-electron chi connectivity index (χ3n) is 16.2. The van der Waals surface area contributed by atoms with Crippen LogP contribution in [0, 0.1) is 29.2 Å². The number of carbonyl (C=O) groups excluding carboxylic acids is 3. The normalized spacial score (nSPS) is 21.5. The molecule has 4 aliphatic heterocycles. The maximum atomic E-state index is 16.5. The molecule has 3 saturated heterocycles. The molecule has 15 nitrogen and oxygen atoms in total. The van der Waals surface area contributed by atoms with Crippen LogP contribution in [-0.2, 0) is 30.3 Å². The first kappa shape index (κ1) is 51.8. The number of piperidine rings is 2. The van der Waals surface area contributed by atoms with Crippen molar-refractivity contribution < 1.29 is 46.5 Å². The number of aliphatic hydroxyl groups excluding tert-OH is 1. The van der Waals surface area contributed by atoms with Gasteiger partial charge in [0.1, 0.15) is 29.5 Å². The maximum Gasteiger partial charge on any atom is 0.329 e. The van der Waals surface area contributed by atoms with E-state index in [0.29, 0.717) is 30.9 Å². The lowest BCUT2D eigenvalue weighted by atomic mass is 9.77. The minimum atomic E-state index is -1.11. The first-order valence-electron chi connectivity index (χ1n) is 25.9. The van der Waals surface area contributed by atoms with Crippen LogP contribution in [0.15, 0.2) is 54.6 Å². The molecule has 5 aliphatic rings. The smallest absolute Gasteiger partial charge is 0.329 e. The Morgan fingerprint density at radius 1 is 0.961 bits per heavy atom. The molecule has 5 N–H and O–H groups in total. The van der Waals surface area contributed by atoms with Gasteiger partial charge in [0.2, 0.25) is 11.8 Å². The third-order valence-corrected chi connectivity index (χ3v) is 17.8. The van der Waals surface area contributed by atoms with Crippen molar-refractivity contribution in [2.24, 2.45) is 18.7 Å². The van der Waals surface area contributed by atoms with Crippen molar-refractivity contribution in [3.8, 4) is 22.6 Å². The fourth-order valence-electron chi connectivity index (χ4n) is 12.2. The number of aliphatic hydroxyl groups is 1. The van der Waals surface area contributed by atoms with Crippen LogP contribution in [0.2, 0.25) is 5.02 Å². The molecule has 0 radical (unpaired) electrons. The van der Waals surface area contributed by atoms with E-state index in [4.69, 9.17) is 31.8 Å². The summed E-state index contributed by atoms with van der Waals surface area (Å²) in [6.07, 6.45) is 5.64. The summed E-state index contributed by atoms with van der Waals surface area (Å²) in [6, 6.07) is 14.0. The second kappa shape index (κ2) is 20.9. The molecule has 0 saturated carbocycles. The predicted octanol–water partition coefficient (Wildman–Crippen LogP) is 8.46. The van der Waals surface area contributed by atoms with Crippen LogP contribution in [0.5, 0.6) is 11.5 Å². The molecule has 400 valence electrons. The summed E-state index contributed by atoms with van der Waals surface area (Å²) >= 11 is 8.48. The minimum absolute atomic E-state index is 0.0526. The highest BCUT2D eigenvalue weighted by atomic mass is 35.5. The van der Waals surface area contributed by atoms with Crippen molar-refractivity contribution in [3.63, 3.8) is 0 Å². The molecule has 6 heterocycles. The summed E-state index contributed by atoms with van der Waals surface area (Å²) in [5.74, 6) is -4.86. The van der Waals surface area contributed by atoms with E-state index in [1.165, 1.54) is 38.7 Å². The fourth-order valence-corrected chi connectivity index (χ4v) is 13.7. The minimum Gasteiger partial charge on any atom is -0.488 e. The van der Waals surface area contributed by atoms with Gasteiger partial charge in [0, 0.05) is 91.3 Å². The number of urea groups is 1. The molecule has 21 heteroatoms. The number of rotatable bonds is 14.